The molecule has 1 fully saturated rings. The summed E-state index contributed by atoms with van der Waals surface area (Å²) >= 11 is 0. The topological polar surface area (TPSA) is 41.1 Å². The lowest BCUT2D eigenvalue weighted by Gasteiger charge is -2.31. The van der Waals surface area contributed by atoms with E-state index >= 15 is 0 Å². The molecule has 0 aliphatic carbocycles. The molecular formula is C14H28N2O. The van der Waals surface area contributed by atoms with Crippen molar-refractivity contribution < 1.29 is 4.79 Å². The molecule has 3 nitrogen and oxygen atoms in total. The zero-order valence-electron chi connectivity index (χ0n) is 11.8. The minimum atomic E-state index is 0.104. The third kappa shape index (κ3) is 5.17. The fraction of sp³-hybridized carbons (Fsp3) is 0.929. The number of nitrogens with one attached hydrogen (secondary N) is 2. The lowest BCUT2D eigenvalue weighted by Crippen LogP contribution is -2.50. The standard InChI is InChI=1S/C14H28N2O/c1-10(2)15-8-6-5-7-13-14(17)11(3)9-12(4)16-13/h10-13,15-16H,5-9H2,1-4H3. The molecule has 3 unspecified atom stereocenters. The zero-order chi connectivity index (χ0) is 12.8. The first kappa shape index (κ1) is 14.7. The molecule has 0 spiro atoms. The van der Waals surface area contributed by atoms with Crippen LogP contribution in [0, 0.1) is 5.92 Å². The summed E-state index contributed by atoms with van der Waals surface area (Å²) in [4.78, 5) is 12.0. The largest absolute Gasteiger partial charge is 0.315 e. The number of hydrogen-bond donors (Lipinski definition) is 2. The highest BCUT2D eigenvalue weighted by atomic mass is 16.1. The van der Waals surface area contributed by atoms with Crippen molar-refractivity contribution in [3.8, 4) is 0 Å². The van der Waals surface area contributed by atoms with Gasteiger partial charge in [-0.2, -0.15) is 0 Å². The van der Waals surface area contributed by atoms with Gasteiger partial charge in [0.25, 0.3) is 0 Å². The van der Waals surface area contributed by atoms with Crippen LogP contribution in [0.1, 0.15) is 53.4 Å². The van der Waals surface area contributed by atoms with Gasteiger partial charge in [0.1, 0.15) is 0 Å². The molecular weight excluding hydrogens is 212 g/mol. The molecule has 3 atom stereocenters. The van der Waals surface area contributed by atoms with Gasteiger partial charge in [-0.15, -0.1) is 0 Å². The summed E-state index contributed by atoms with van der Waals surface area (Å²) in [6, 6.07) is 1.15. The van der Waals surface area contributed by atoms with Crippen LogP contribution in [0.3, 0.4) is 0 Å². The maximum atomic E-state index is 12.0. The molecule has 0 radical (unpaired) electrons. The molecule has 0 amide bonds. The maximum Gasteiger partial charge on any atom is 0.152 e. The molecule has 1 saturated heterocycles. The van der Waals surface area contributed by atoms with Gasteiger partial charge >= 0.3 is 0 Å². The Morgan fingerprint density at radius 1 is 1.35 bits per heavy atom. The Morgan fingerprint density at radius 3 is 2.71 bits per heavy atom. The first-order valence-electron chi connectivity index (χ1n) is 7.04. The van der Waals surface area contributed by atoms with E-state index in [1.807, 2.05) is 0 Å². The normalized spacial score (nSPS) is 29.9. The van der Waals surface area contributed by atoms with Crippen molar-refractivity contribution in [2.45, 2.75) is 71.5 Å². The van der Waals surface area contributed by atoms with Gasteiger partial charge in [-0.1, -0.05) is 27.2 Å². The summed E-state index contributed by atoms with van der Waals surface area (Å²) in [7, 11) is 0. The molecule has 0 bridgehead atoms. The van der Waals surface area contributed by atoms with Gasteiger partial charge in [-0.25, -0.2) is 0 Å². The Morgan fingerprint density at radius 2 is 2.06 bits per heavy atom. The second kappa shape index (κ2) is 7.12. The molecule has 0 aromatic rings. The zero-order valence-corrected chi connectivity index (χ0v) is 11.8. The lowest BCUT2D eigenvalue weighted by atomic mass is 9.86. The van der Waals surface area contributed by atoms with Crippen LogP contribution in [0.25, 0.3) is 0 Å². The van der Waals surface area contributed by atoms with Crippen molar-refractivity contribution in [3.63, 3.8) is 0 Å². The van der Waals surface area contributed by atoms with Crippen molar-refractivity contribution in [2.24, 2.45) is 5.92 Å². The predicted octanol–water partition coefficient (Wildman–Crippen LogP) is 2.11. The quantitative estimate of drug-likeness (QED) is 0.699. The molecule has 1 aliphatic rings. The third-order valence-electron chi connectivity index (χ3n) is 3.49. The van der Waals surface area contributed by atoms with E-state index < -0.39 is 0 Å². The molecule has 100 valence electrons. The Kier molecular flexibility index (Phi) is 6.14. The molecule has 0 aromatic heterocycles. The van der Waals surface area contributed by atoms with Crippen LogP contribution in [-0.2, 0) is 4.79 Å². The molecule has 3 heteroatoms. The van der Waals surface area contributed by atoms with E-state index in [9.17, 15) is 4.79 Å². The number of Topliss-reactive ketones (excluding diaryl/α,β-unsaturated/α-hetero) is 1. The number of carbonyl (C=O) groups is 1. The van der Waals surface area contributed by atoms with Crippen LogP contribution >= 0.6 is 0 Å². The highest BCUT2D eigenvalue weighted by Gasteiger charge is 2.30. The molecule has 0 aromatic carbocycles. The smallest absolute Gasteiger partial charge is 0.152 e. The predicted molar refractivity (Wildman–Crippen MR) is 72.2 cm³/mol. The van der Waals surface area contributed by atoms with Gasteiger partial charge in [0.2, 0.25) is 0 Å². The van der Waals surface area contributed by atoms with E-state index in [2.05, 4.69) is 38.3 Å². The number of ketones is 1. The third-order valence-corrected chi connectivity index (χ3v) is 3.49. The highest BCUT2D eigenvalue weighted by Crippen LogP contribution is 2.19. The average molecular weight is 240 g/mol. The van der Waals surface area contributed by atoms with Crippen molar-refractivity contribution >= 4 is 5.78 Å². The van der Waals surface area contributed by atoms with Gasteiger partial charge in [-0.3, -0.25) is 4.79 Å². The summed E-state index contributed by atoms with van der Waals surface area (Å²) in [6.45, 7) is 9.62. The van der Waals surface area contributed by atoms with E-state index in [-0.39, 0.29) is 12.0 Å². The van der Waals surface area contributed by atoms with E-state index in [0.717, 1.165) is 32.2 Å². The maximum absolute atomic E-state index is 12.0. The summed E-state index contributed by atoms with van der Waals surface area (Å²) < 4.78 is 0. The molecule has 17 heavy (non-hydrogen) atoms. The first-order chi connectivity index (χ1) is 8.00. The summed E-state index contributed by atoms with van der Waals surface area (Å²) in [5.74, 6) is 0.657. The van der Waals surface area contributed by atoms with Crippen molar-refractivity contribution in [3.05, 3.63) is 0 Å². The number of carbonyl (C=O) groups excluding carboxylic acids is 1. The fourth-order valence-electron chi connectivity index (χ4n) is 2.57. The van der Waals surface area contributed by atoms with Gasteiger partial charge < -0.3 is 10.6 Å². The van der Waals surface area contributed by atoms with E-state index in [4.69, 9.17) is 0 Å². The van der Waals surface area contributed by atoms with E-state index in [0.29, 0.717) is 17.9 Å². The first-order valence-corrected chi connectivity index (χ1v) is 7.04. The SMILES string of the molecule is CC(C)NCCCCC1NC(C)CC(C)C1=O. The van der Waals surface area contributed by atoms with Gasteiger partial charge in [0.05, 0.1) is 6.04 Å². The fourth-order valence-corrected chi connectivity index (χ4v) is 2.57. The molecule has 1 aliphatic heterocycles. The van der Waals surface area contributed by atoms with E-state index in [1.165, 1.54) is 0 Å². The molecule has 1 heterocycles. The number of hydrogen-bond acceptors (Lipinski definition) is 3. The highest BCUT2D eigenvalue weighted by molar-refractivity contribution is 5.86. The van der Waals surface area contributed by atoms with Crippen LogP contribution in [0.4, 0.5) is 0 Å². The Bertz CT molecular complexity index is 240. The summed E-state index contributed by atoms with van der Waals surface area (Å²) in [5, 5.41) is 6.83. The van der Waals surface area contributed by atoms with Crippen LogP contribution in [0.2, 0.25) is 0 Å². The summed E-state index contributed by atoms with van der Waals surface area (Å²) in [5.41, 5.74) is 0. The summed E-state index contributed by atoms with van der Waals surface area (Å²) in [6.07, 6.45) is 4.27. The Balaban J connectivity index is 2.19. The van der Waals surface area contributed by atoms with Crippen LogP contribution in [0.5, 0.6) is 0 Å². The minimum absolute atomic E-state index is 0.104. The monoisotopic (exact) mass is 240 g/mol. The van der Waals surface area contributed by atoms with E-state index in [1.54, 1.807) is 0 Å². The second-order valence-corrected chi connectivity index (χ2v) is 5.76. The van der Waals surface area contributed by atoms with Crippen LogP contribution in [-0.4, -0.2) is 30.5 Å². The van der Waals surface area contributed by atoms with Gasteiger partial charge in [0, 0.05) is 18.0 Å². The van der Waals surface area contributed by atoms with Crippen molar-refractivity contribution in [1.82, 2.24) is 10.6 Å². The van der Waals surface area contributed by atoms with Gasteiger partial charge in [0.15, 0.2) is 5.78 Å². The van der Waals surface area contributed by atoms with Crippen molar-refractivity contribution in [1.29, 1.82) is 0 Å². The Labute approximate surface area is 106 Å². The Hall–Kier alpha value is -0.410. The second-order valence-electron chi connectivity index (χ2n) is 5.76. The number of rotatable bonds is 6. The average Bonchev–Trinajstić information content (AvgIpc) is 2.23. The molecule has 1 rings (SSSR count). The minimum Gasteiger partial charge on any atom is -0.315 e. The molecule has 0 saturated carbocycles. The van der Waals surface area contributed by atoms with Gasteiger partial charge in [-0.05, 0) is 32.7 Å². The van der Waals surface area contributed by atoms with Crippen LogP contribution in [0.15, 0.2) is 0 Å². The van der Waals surface area contributed by atoms with Crippen molar-refractivity contribution in [2.75, 3.05) is 6.54 Å². The molecule has 2 N–H and O–H groups in total. The number of unbranched alkanes of at least 4 members (excludes halogenated alkanes) is 1. The number of piperidine rings is 1. The lowest BCUT2D eigenvalue weighted by molar-refractivity contribution is -0.127. The van der Waals surface area contributed by atoms with Crippen LogP contribution < -0.4 is 10.6 Å².